The molecule has 1 aliphatic rings. The van der Waals surface area contributed by atoms with Gasteiger partial charge in [-0.15, -0.1) is 0 Å². The first kappa shape index (κ1) is 26.1. The highest BCUT2D eigenvalue weighted by molar-refractivity contribution is 7.89. The molecule has 0 aromatic heterocycles. The van der Waals surface area contributed by atoms with E-state index in [2.05, 4.69) is 10.6 Å². The van der Waals surface area contributed by atoms with Crippen LogP contribution in [0.4, 0.5) is 5.69 Å². The van der Waals surface area contributed by atoms with Gasteiger partial charge < -0.3 is 14.8 Å². The zero-order valence-corrected chi connectivity index (χ0v) is 21.1. The second-order valence-electron chi connectivity index (χ2n) is 8.11. The van der Waals surface area contributed by atoms with Crippen molar-refractivity contribution in [2.45, 2.75) is 43.0 Å². The van der Waals surface area contributed by atoms with Crippen LogP contribution in [0.3, 0.4) is 0 Å². The first-order chi connectivity index (χ1) is 16.3. The number of carbonyl (C=O) groups is 1. The largest absolute Gasteiger partial charge is 0.491 e. The third kappa shape index (κ3) is 6.99. The third-order valence-electron chi connectivity index (χ3n) is 5.78. The Balaban J connectivity index is 1.54. The summed E-state index contributed by atoms with van der Waals surface area (Å²) >= 11 is 5.23. The number of nitrogens with zero attached hydrogens (tertiary/aromatic N) is 1. The van der Waals surface area contributed by atoms with Gasteiger partial charge >= 0.3 is 0 Å². The molecule has 0 aliphatic heterocycles. The number of nitrogens with one attached hydrogen (secondary N) is 2. The number of hydrogen-bond donors (Lipinski definition) is 2. The van der Waals surface area contributed by atoms with Crippen LogP contribution in [0.1, 0.15) is 42.5 Å². The van der Waals surface area contributed by atoms with Crippen LogP contribution in [0, 0.1) is 0 Å². The molecule has 1 saturated carbocycles. The van der Waals surface area contributed by atoms with Gasteiger partial charge in [-0.2, -0.15) is 4.31 Å². The highest BCUT2D eigenvalue weighted by atomic mass is 32.2. The van der Waals surface area contributed by atoms with Crippen molar-refractivity contribution in [1.82, 2.24) is 9.62 Å². The number of carbonyl (C=O) groups excluding carboxylic acids is 1. The number of anilines is 1. The summed E-state index contributed by atoms with van der Waals surface area (Å²) in [6, 6.07) is 13.1. The van der Waals surface area contributed by atoms with Crippen LogP contribution in [0.2, 0.25) is 0 Å². The van der Waals surface area contributed by atoms with E-state index < -0.39 is 10.0 Å². The topological polar surface area (TPSA) is 97.0 Å². The van der Waals surface area contributed by atoms with Gasteiger partial charge in [0.15, 0.2) is 5.11 Å². The van der Waals surface area contributed by atoms with Crippen molar-refractivity contribution in [1.29, 1.82) is 0 Å². The first-order valence-electron chi connectivity index (χ1n) is 11.2. The molecule has 0 saturated heterocycles. The molecular weight excluding hydrogens is 474 g/mol. The van der Waals surface area contributed by atoms with Crippen LogP contribution in [0.25, 0.3) is 0 Å². The Hall–Kier alpha value is -2.53. The molecule has 34 heavy (non-hydrogen) atoms. The van der Waals surface area contributed by atoms with E-state index in [0.29, 0.717) is 30.2 Å². The summed E-state index contributed by atoms with van der Waals surface area (Å²) < 4.78 is 37.9. The molecule has 0 spiro atoms. The zero-order chi connectivity index (χ0) is 24.6. The van der Waals surface area contributed by atoms with E-state index in [1.165, 1.54) is 4.31 Å². The maximum Gasteiger partial charge on any atom is 0.257 e. The molecule has 2 aromatic rings. The van der Waals surface area contributed by atoms with Crippen LogP contribution in [0.15, 0.2) is 53.4 Å². The lowest BCUT2D eigenvalue weighted by molar-refractivity contribution is 0.0977. The summed E-state index contributed by atoms with van der Waals surface area (Å²) in [5, 5.41) is 5.64. The molecule has 1 aliphatic carbocycles. The summed E-state index contributed by atoms with van der Waals surface area (Å²) in [7, 11) is -0.313. The second kappa shape index (κ2) is 12.3. The summed E-state index contributed by atoms with van der Waals surface area (Å²) in [6.07, 6.45) is 5.07. The molecule has 2 N–H and O–H groups in total. The lowest BCUT2D eigenvalue weighted by Gasteiger charge is -2.30. The fourth-order valence-electron chi connectivity index (χ4n) is 3.80. The van der Waals surface area contributed by atoms with E-state index in [-0.39, 0.29) is 22.0 Å². The lowest BCUT2D eigenvalue weighted by atomic mass is 9.96. The van der Waals surface area contributed by atoms with E-state index >= 15 is 0 Å². The number of sulfonamides is 1. The quantitative estimate of drug-likeness (QED) is 0.395. The predicted molar refractivity (Wildman–Crippen MR) is 136 cm³/mol. The average Bonchev–Trinajstić information content (AvgIpc) is 2.85. The number of thiocarbonyl (C=S) groups is 1. The SMILES string of the molecule is COCCOc1ccc(C(=O)NC(=S)Nc2ccc(S(=O)(=O)N(C)C3CCCCC3)cc2)cc1. The van der Waals surface area contributed by atoms with Gasteiger partial charge in [0, 0.05) is 31.5 Å². The molecule has 2 aromatic carbocycles. The van der Waals surface area contributed by atoms with Crippen LogP contribution >= 0.6 is 12.2 Å². The van der Waals surface area contributed by atoms with Crippen LogP contribution in [0.5, 0.6) is 5.75 Å². The Labute approximate surface area is 206 Å². The minimum atomic E-state index is -3.56. The summed E-state index contributed by atoms with van der Waals surface area (Å²) in [4.78, 5) is 12.7. The normalized spacial score (nSPS) is 14.6. The predicted octanol–water partition coefficient (Wildman–Crippen LogP) is 3.79. The van der Waals surface area contributed by atoms with Crippen LogP contribution < -0.4 is 15.4 Å². The molecule has 10 heteroatoms. The van der Waals surface area contributed by atoms with Crippen LogP contribution in [-0.2, 0) is 14.8 Å². The highest BCUT2D eigenvalue weighted by Gasteiger charge is 2.28. The zero-order valence-electron chi connectivity index (χ0n) is 19.5. The minimum Gasteiger partial charge on any atom is -0.491 e. The maximum absolute atomic E-state index is 13.0. The molecular formula is C24H31N3O5S2. The molecule has 0 unspecified atom stereocenters. The number of amides is 1. The molecule has 3 rings (SSSR count). The van der Waals surface area contributed by atoms with Crippen LogP contribution in [-0.4, -0.2) is 57.2 Å². The number of ether oxygens (including phenoxy) is 2. The average molecular weight is 506 g/mol. The molecule has 1 amide bonds. The first-order valence-corrected chi connectivity index (χ1v) is 13.1. The van der Waals surface area contributed by atoms with Crippen molar-refractivity contribution < 1.29 is 22.7 Å². The Morgan fingerprint density at radius 2 is 1.68 bits per heavy atom. The van der Waals surface area contributed by atoms with E-state index in [0.717, 1.165) is 32.1 Å². The Morgan fingerprint density at radius 1 is 1.03 bits per heavy atom. The third-order valence-corrected chi connectivity index (χ3v) is 7.91. The number of methoxy groups -OCH3 is 1. The molecule has 0 atom stereocenters. The Morgan fingerprint density at radius 3 is 2.29 bits per heavy atom. The number of rotatable bonds is 9. The fourth-order valence-corrected chi connectivity index (χ4v) is 5.43. The van der Waals surface area contributed by atoms with Crippen molar-refractivity contribution in [3.05, 3.63) is 54.1 Å². The highest BCUT2D eigenvalue weighted by Crippen LogP contribution is 2.27. The van der Waals surface area contributed by atoms with Gasteiger partial charge in [0.2, 0.25) is 10.0 Å². The standard InChI is InChI=1S/C24H31N3O5S2/c1-27(20-6-4-3-5-7-20)34(29,30)22-14-10-19(11-15-22)25-24(33)26-23(28)18-8-12-21(13-9-18)32-17-16-31-2/h8-15,20H,3-7,16-17H2,1-2H3,(H2,25,26,28,33). The monoisotopic (exact) mass is 505 g/mol. The van der Waals surface area contributed by atoms with E-state index in [1.54, 1.807) is 62.7 Å². The van der Waals surface area contributed by atoms with Gasteiger partial charge in [-0.05, 0) is 73.6 Å². The maximum atomic E-state index is 13.0. The van der Waals surface area contributed by atoms with E-state index in [9.17, 15) is 13.2 Å². The molecule has 0 radical (unpaired) electrons. The lowest BCUT2D eigenvalue weighted by Crippen LogP contribution is -2.38. The number of benzene rings is 2. The smallest absolute Gasteiger partial charge is 0.257 e. The molecule has 0 heterocycles. The Kier molecular flexibility index (Phi) is 9.40. The molecule has 1 fully saturated rings. The van der Waals surface area contributed by atoms with Crippen molar-refractivity contribution in [3.63, 3.8) is 0 Å². The second-order valence-corrected chi connectivity index (χ2v) is 10.5. The van der Waals surface area contributed by atoms with Crippen molar-refractivity contribution in [2.24, 2.45) is 0 Å². The Bertz CT molecular complexity index is 1070. The summed E-state index contributed by atoms with van der Waals surface area (Å²) in [6.45, 7) is 0.902. The van der Waals surface area contributed by atoms with Gasteiger partial charge in [-0.1, -0.05) is 19.3 Å². The van der Waals surface area contributed by atoms with Gasteiger partial charge in [-0.25, -0.2) is 8.42 Å². The van der Waals surface area contributed by atoms with Gasteiger partial charge in [0.05, 0.1) is 11.5 Å². The van der Waals surface area contributed by atoms with Crippen molar-refractivity contribution in [3.8, 4) is 5.75 Å². The van der Waals surface area contributed by atoms with Gasteiger partial charge in [0.25, 0.3) is 5.91 Å². The molecule has 184 valence electrons. The van der Waals surface area contributed by atoms with Gasteiger partial charge in [0.1, 0.15) is 12.4 Å². The van der Waals surface area contributed by atoms with Gasteiger partial charge in [-0.3, -0.25) is 10.1 Å². The minimum absolute atomic E-state index is 0.0466. The summed E-state index contributed by atoms with van der Waals surface area (Å²) in [5.74, 6) is 0.271. The summed E-state index contributed by atoms with van der Waals surface area (Å²) in [5.41, 5.74) is 1.00. The van der Waals surface area contributed by atoms with E-state index in [1.807, 2.05) is 0 Å². The fraction of sp³-hybridized carbons (Fsp3) is 0.417. The van der Waals surface area contributed by atoms with Crippen molar-refractivity contribution >= 4 is 38.9 Å². The van der Waals surface area contributed by atoms with Crippen molar-refractivity contribution in [2.75, 3.05) is 32.7 Å². The number of hydrogen-bond acceptors (Lipinski definition) is 6. The molecule has 8 nitrogen and oxygen atoms in total. The van der Waals surface area contributed by atoms with E-state index in [4.69, 9.17) is 21.7 Å². The molecule has 0 bridgehead atoms.